The zero-order valence-corrected chi connectivity index (χ0v) is 14.1. The Labute approximate surface area is 150 Å². The van der Waals surface area contributed by atoms with E-state index in [1.165, 1.54) is 27.9 Å². The van der Waals surface area contributed by atoms with Crippen molar-refractivity contribution in [1.82, 2.24) is 4.98 Å². The number of benzene rings is 3. The highest BCUT2D eigenvalue weighted by atomic mass is 16.4. The largest absolute Gasteiger partial charge is 0.423 e. The summed E-state index contributed by atoms with van der Waals surface area (Å²) in [6.07, 6.45) is 1.89. The van der Waals surface area contributed by atoms with Crippen molar-refractivity contribution in [2.24, 2.45) is 0 Å². The molecule has 3 nitrogen and oxygen atoms in total. The van der Waals surface area contributed by atoms with Gasteiger partial charge in [0.25, 0.3) is 0 Å². The molecule has 5 aromatic rings. The summed E-state index contributed by atoms with van der Waals surface area (Å²) in [7, 11) is 0. The quantitative estimate of drug-likeness (QED) is 0.395. The number of aromatic amines is 1. The molecule has 0 bridgehead atoms. The monoisotopic (exact) mass is 339 g/mol. The lowest BCUT2D eigenvalue weighted by Crippen LogP contribution is -1.93. The Balaban J connectivity index is 0.000000136. The smallest absolute Gasteiger partial charge is 0.336 e. The average Bonchev–Trinajstić information content (AvgIpc) is 3.07. The number of hydrogen-bond acceptors (Lipinski definition) is 2. The molecule has 1 N–H and O–H groups in total. The highest BCUT2D eigenvalue weighted by molar-refractivity contribution is 6.09. The second-order valence-electron chi connectivity index (χ2n) is 5.94. The Morgan fingerprint density at radius 3 is 2.46 bits per heavy atom. The third-order valence-corrected chi connectivity index (χ3v) is 4.32. The van der Waals surface area contributed by atoms with E-state index in [4.69, 9.17) is 4.42 Å². The Kier molecular flexibility index (Phi) is 4.12. The SMILES string of the molecule is C=Cc1cccc2c1[nH]c1ccccc12.O=c1ccc2ccccc2o1. The predicted molar refractivity (Wildman–Crippen MR) is 108 cm³/mol. The minimum absolute atomic E-state index is 0.302. The van der Waals surface area contributed by atoms with Crippen LogP contribution in [0.1, 0.15) is 5.56 Å². The van der Waals surface area contributed by atoms with Gasteiger partial charge in [0, 0.05) is 27.7 Å². The molecule has 0 aliphatic rings. The molecule has 0 amide bonds. The van der Waals surface area contributed by atoms with Gasteiger partial charge < -0.3 is 9.40 Å². The van der Waals surface area contributed by atoms with Crippen molar-refractivity contribution in [3.05, 3.63) is 101 Å². The van der Waals surface area contributed by atoms with E-state index in [1.807, 2.05) is 30.3 Å². The van der Waals surface area contributed by atoms with Crippen LogP contribution in [-0.4, -0.2) is 4.98 Å². The molecule has 2 aromatic heterocycles. The van der Waals surface area contributed by atoms with E-state index < -0.39 is 0 Å². The summed E-state index contributed by atoms with van der Waals surface area (Å²) in [4.78, 5) is 14.1. The topological polar surface area (TPSA) is 46.0 Å². The highest BCUT2D eigenvalue weighted by Gasteiger charge is 2.04. The minimum atomic E-state index is -0.302. The lowest BCUT2D eigenvalue weighted by Gasteiger charge is -1.94. The first-order chi connectivity index (χ1) is 12.8. The maximum atomic E-state index is 10.7. The summed E-state index contributed by atoms with van der Waals surface area (Å²) in [5, 5.41) is 3.49. The van der Waals surface area contributed by atoms with E-state index in [9.17, 15) is 4.79 Å². The molecule has 0 spiro atoms. The number of para-hydroxylation sites is 3. The molecule has 26 heavy (non-hydrogen) atoms. The van der Waals surface area contributed by atoms with E-state index in [1.54, 1.807) is 12.1 Å². The van der Waals surface area contributed by atoms with Crippen molar-refractivity contribution in [3.8, 4) is 0 Å². The second kappa shape index (κ2) is 6.73. The van der Waals surface area contributed by atoms with E-state index in [0.29, 0.717) is 5.58 Å². The van der Waals surface area contributed by atoms with Gasteiger partial charge in [0.05, 0.1) is 5.52 Å². The van der Waals surface area contributed by atoms with Crippen LogP contribution < -0.4 is 5.63 Å². The second-order valence-corrected chi connectivity index (χ2v) is 5.94. The maximum absolute atomic E-state index is 10.7. The van der Waals surface area contributed by atoms with Crippen LogP contribution in [-0.2, 0) is 0 Å². The number of nitrogens with one attached hydrogen (secondary N) is 1. The Morgan fingerprint density at radius 1 is 0.808 bits per heavy atom. The van der Waals surface area contributed by atoms with Gasteiger partial charge in [-0.3, -0.25) is 0 Å². The Hall–Kier alpha value is -3.59. The fourth-order valence-electron chi connectivity index (χ4n) is 3.08. The standard InChI is InChI=1S/C14H11N.C9H6O2/c1-2-10-6-5-8-12-11-7-3-4-9-13(11)15-14(10)12;10-9-6-5-7-3-1-2-4-8(7)11-9/h2-9,15H,1H2;1-6H. The predicted octanol–water partition coefficient (Wildman–Crippen LogP) is 5.76. The highest BCUT2D eigenvalue weighted by Crippen LogP contribution is 2.27. The molecule has 0 radical (unpaired) electrons. The molecular weight excluding hydrogens is 322 g/mol. The van der Waals surface area contributed by atoms with Crippen LogP contribution in [0.5, 0.6) is 0 Å². The first-order valence-corrected chi connectivity index (χ1v) is 8.37. The summed E-state index contributed by atoms with van der Waals surface area (Å²) in [6.45, 7) is 3.83. The Morgan fingerprint density at radius 2 is 1.58 bits per heavy atom. The summed E-state index contributed by atoms with van der Waals surface area (Å²) in [5.74, 6) is 0. The van der Waals surface area contributed by atoms with Gasteiger partial charge in [0.2, 0.25) is 0 Å². The van der Waals surface area contributed by atoms with Crippen molar-refractivity contribution < 1.29 is 4.42 Å². The van der Waals surface area contributed by atoms with E-state index in [-0.39, 0.29) is 5.63 Å². The number of fused-ring (bicyclic) bond motifs is 4. The summed E-state index contributed by atoms with van der Waals surface area (Å²) in [5.41, 5.74) is 3.85. The number of hydrogen-bond donors (Lipinski definition) is 1. The van der Waals surface area contributed by atoms with Crippen LogP contribution in [0.15, 0.2) is 94.7 Å². The fraction of sp³-hybridized carbons (Fsp3) is 0. The van der Waals surface area contributed by atoms with E-state index in [2.05, 4.69) is 48.0 Å². The molecule has 0 fully saturated rings. The van der Waals surface area contributed by atoms with Gasteiger partial charge in [-0.25, -0.2) is 4.79 Å². The van der Waals surface area contributed by atoms with Crippen LogP contribution >= 0.6 is 0 Å². The van der Waals surface area contributed by atoms with Crippen molar-refractivity contribution in [2.45, 2.75) is 0 Å². The average molecular weight is 339 g/mol. The lowest BCUT2D eigenvalue weighted by atomic mass is 10.1. The summed E-state index contributed by atoms with van der Waals surface area (Å²) >= 11 is 0. The van der Waals surface area contributed by atoms with Gasteiger partial charge in [-0.2, -0.15) is 0 Å². The van der Waals surface area contributed by atoms with Crippen LogP contribution in [0.4, 0.5) is 0 Å². The van der Waals surface area contributed by atoms with Crippen molar-refractivity contribution in [2.75, 3.05) is 0 Å². The molecule has 0 unspecified atom stereocenters. The molecular formula is C23H17NO2. The normalized spacial score (nSPS) is 10.6. The molecule has 0 aliphatic heterocycles. The fourth-order valence-corrected chi connectivity index (χ4v) is 3.08. The lowest BCUT2D eigenvalue weighted by molar-refractivity contribution is 0.561. The van der Waals surface area contributed by atoms with E-state index >= 15 is 0 Å². The maximum Gasteiger partial charge on any atom is 0.336 e. The molecule has 126 valence electrons. The van der Waals surface area contributed by atoms with Gasteiger partial charge in [-0.1, -0.05) is 67.3 Å². The van der Waals surface area contributed by atoms with Gasteiger partial charge in [0.15, 0.2) is 0 Å². The van der Waals surface area contributed by atoms with Crippen LogP contribution in [0.25, 0.3) is 38.9 Å². The third-order valence-electron chi connectivity index (χ3n) is 4.32. The molecule has 0 aliphatic carbocycles. The zero-order chi connectivity index (χ0) is 17.9. The van der Waals surface area contributed by atoms with Crippen molar-refractivity contribution >= 4 is 38.9 Å². The third kappa shape index (κ3) is 2.91. The molecule has 3 heteroatoms. The molecule has 2 heterocycles. The van der Waals surface area contributed by atoms with Crippen molar-refractivity contribution in [3.63, 3.8) is 0 Å². The van der Waals surface area contributed by atoms with Crippen molar-refractivity contribution in [1.29, 1.82) is 0 Å². The zero-order valence-electron chi connectivity index (χ0n) is 14.1. The van der Waals surface area contributed by atoms with Gasteiger partial charge in [-0.05, 0) is 23.8 Å². The number of H-pyrrole nitrogens is 1. The van der Waals surface area contributed by atoms with E-state index in [0.717, 1.165) is 10.9 Å². The number of rotatable bonds is 1. The summed E-state index contributed by atoms with van der Waals surface area (Å²) < 4.78 is 4.91. The van der Waals surface area contributed by atoms with Crippen LogP contribution in [0.3, 0.4) is 0 Å². The molecule has 0 saturated heterocycles. The first kappa shape index (κ1) is 15.9. The first-order valence-electron chi connectivity index (χ1n) is 8.37. The Bertz CT molecular complexity index is 1280. The molecule has 0 atom stereocenters. The minimum Gasteiger partial charge on any atom is -0.423 e. The molecule has 0 saturated carbocycles. The summed E-state index contributed by atoms with van der Waals surface area (Å²) in [6, 6.07) is 25.2. The molecule has 5 rings (SSSR count). The van der Waals surface area contributed by atoms with Gasteiger partial charge in [-0.15, -0.1) is 0 Å². The van der Waals surface area contributed by atoms with Gasteiger partial charge >= 0.3 is 5.63 Å². The van der Waals surface area contributed by atoms with Crippen LogP contribution in [0, 0.1) is 0 Å². The van der Waals surface area contributed by atoms with Crippen LogP contribution in [0.2, 0.25) is 0 Å². The number of aromatic nitrogens is 1. The molecule has 3 aromatic carbocycles. The van der Waals surface area contributed by atoms with Gasteiger partial charge in [0.1, 0.15) is 5.58 Å².